The van der Waals surface area contributed by atoms with Gasteiger partial charge in [0.05, 0.1) is 11.2 Å². The van der Waals surface area contributed by atoms with E-state index in [-0.39, 0.29) is 5.75 Å². The van der Waals surface area contributed by atoms with Gasteiger partial charge in [0, 0.05) is 6.20 Å². The molecule has 0 aromatic carbocycles. The van der Waals surface area contributed by atoms with Crippen molar-refractivity contribution in [1.29, 1.82) is 0 Å². The highest BCUT2D eigenvalue weighted by molar-refractivity contribution is 9.10. The molecule has 0 fully saturated rings. The fraction of sp³-hybridized carbons (Fsp3) is 0.167. The average Bonchev–Trinajstić information content (AvgIpc) is 1.91. The molecule has 1 rings (SSSR count). The van der Waals surface area contributed by atoms with Crippen molar-refractivity contribution in [3.05, 3.63) is 22.9 Å². The van der Waals surface area contributed by atoms with Gasteiger partial charge in [-0.1, -0.05) is 0 Å². The van der Waals surface area contributed by atoms with E-state index in [1.165, 1.54) is 12.3 Å². The first-order chi connectivity index (χ1) is 5.49. The molecular formula is C6H6BrNO. The molecule has 0 amide bonds. The van der Waals surface area contributed by atoms with E-state index in [0.717, 1.165) is 0 Å². The van der Waals surface area contributed by atoms with E-state index in [2.05, 4.69) is 25.7 Å². The monoisotopic (exact) mass is 190 g/mol. The summed E-state index contributed by atoms with van der Waals surface area (Å²) in [4.78, 5) is 3.80. The summed E-state index contributed by atoms with van der Waals surface area (Å²) in [6.45, 7) is 0. The van der Waals surface area contributed by atoms with Crippen LogP contribution in [0.1, 0.15) is 4.11 Å². The van der Waals surface area contributed by atoms with Gasteiger partial charge in [0.25, 0.3) is 0 Å². The molecule has 2 nitrogen and oxygen atoms in total. The highest BCUT2D eigenvalue weighted by Crippen LogP contribution is 2.19. The van der Waals surface area contributed by atoms with Crippen LogP contribution in [0.2, 0.25) is 0 Å². The van der Waals surface area contributed by atoms with Crippen LogP contribution < -0.4 is 4.74 Å². The lowest BCUT2D eigenvalue weighted by molar-refractivity contribution is 0.410. The Morgan fingerprint density at radius 2 is 2.78 bits per heavy atom. The van der Waals surface area contributed by atoms with Crippen LogP contribution in [0, 0.1) is 0 Å². The highest BCUT2D eigenvalue weighted by Gasteiger charge is 1.94. The van der Waals surface area contributed by atoms with Crippen molar-refractivity contribution in [2.24, 2.45) is 0 Å². The van der Waals surface area contributed by atoms with Gasteiger partial charge >= 0.3 is 0 Å². The van der Waals surface area contributed by atoms with Crippen LogP contribution in [0.15, 0.2) is 22.9 Å². The van der Waals surface area contributed by atoms with E-state index in [9.17, 15) is 0 Å². The predicted molar refractivity (Wildman–Crippen MR) is 38.5 cm³/mol. The van der Waals surface area contributed by atoms with E-state index >= 15 is 0 Å². The van der Waals surface area contributed by atoms with E-state index in [1.807, 2.05) is 0 Å². The second-order valence-corrected chi connectivity index (χ2v) is 2.15. The van der Waals surface area contributed by atoms with Crippen LogP contribution >= 0.6 is 15.9 Å². The van der Waals surface area contributed by atoms with Crippen LogP contribution in [-0.2, 0) is 0 Å². The topological polar surface area (TPSA) is 22.1 Å². The molecule has 3 heteroatoms. The molecule has 0 N–H and O–H groups in total. The summed E-state index contributed by atoms with van der Waals surface area (Å²) in [5, 5.41) is 0. The molecular weight excluding hydrogens is 182 g/mol. The van der Waals surface area contributed by atoms with Gasteiger partial charge in [-0.25, -0.2) is 4.98 Å². The number of pyridine rings is 1. The van der Waals surface area contributed by atoms with Crippen LogP contribution in [-0.4, -0.2) is 12.0 Å². The van der Waals surface area contributed by atoms with E-state index in [0.29, 0.717) is 4.60 Å². The van der Waals surface area contributed by atoms with E-state index in [1.54, 1.807) is 6.07 Å². The molecule has 0 bridgehead atoms. The second-order valence-electron chi connectivity index (χ2n) is 1.39. The fourth-order valence-electron chi connectivity index (χ4n) is 0.447. The minimum absolute atomic E-state index is 0.220. The molecule has 0 spiro atoms. The summed E-state index contributed by atoms with van der Waals surface area (Å²) >= 11 is 3.06. The van der Waals surface area contributed by atoms with Gasteiger partial charge in [-0.15, -0.1) is 0 Å². The minimum atomic E-state index is -2.43. The maximum absolute atomic E-state index is 6.83. The molecule has 0 unspecified atom stereocenters. The maximum atomic E-state index is 6.83. The van der Waals surface area contributed by atoms with Gasteiger partial charge in [-0.05, 0) is 28.1 Å². The summed E-state index contributed by atoms with van der Waals surface area (Å²) in [5.41, 5.74) is 0. The quantitative estimate of drug-likeness (QED) is 0.632. The molecule has 1 heterocycles. The number of nitrogens with zero attached hydrogens (tertiary/aromatic N) is 1. The van der Waals surface area contributed by atoms with Crippen LogP contribution in [0.25, 0.3) is 0 Å². The lowest BCUT2D eigenvalue weighted by atomic mass is 10.5. The standard InChI is InChI=1S/C6H6BrNO/c1-9-5-3-2-4-8-6(5)7/h2-4H,1H3/i1D3. The Kier molecular flexibility index (Phi) is 1.12. The zero-order chi connectivity index (χ0) is 9.19. The summed E-state index contributed by atoms with van der Waals surface area (Å²) in [5.74, 6) is 0.220. The van der Waals surface area contributed by atoms with Crippen molar-refractivity contribution < 1.29 is 8.85 Å². The van der Waals surface area contributed by atoms with Crippen molar-refractivity contribution in [3.8, 4) is 5.75 Å². The largest absolute Gasteiger partial charge is 0.494 e. The number of hydrogen-bond acceptors (Lipinski definition) is 2. The first-order valence-electron chi connectivity index (χ1n) is 3.78. The first-order valence-corrected chi connectivity index (χ1v) is 3.08. The summed E-state index contributed by atoms with van der Waals surface area (Å²) in [7, 11) is -2.43. The van der Waals surface area contributed by atoms with Crippen LogP contribution in [0.5, 0.6) is 5.75 Å². The van der Waals surface area contributed by atoms with Crippen molar-refractivity contribution in [2.75, 3.05) is 7.04 Å². The highest BCUT2D eigenvalue weighted by atomic mass is 79.9. The first kappa shape index (κ1) is 3.56. The Hall–Kier alpha value is -0.570. The number of hydrogen-bond donors (Lipinski definition) is 0. The zero-order valence-corrected chi connectivity index (χ0v) is 6.05. The molecule has 0 radical (unpaired) electrons. The summed E-state index contributed by atoms with van der Waals surface area (Å²) in [6, 6.07) is 3.13. The van der Waals surface area contributed by atoms with Gasteiger partial charge < -0.3 is 4.74 Å². The number of aromatic nitrogens is 1. The molecule has 0 saturated heterocycles. The maximum Gasteiger partial charge on any atom is 0.151 e. The molecule has 1 aromatic rings. The molecule has 0 atom stereocenters. The average molecular weight is 191 g/mol. The third kappa shape index (κ3) is 1.42. The molecule has 48 valence electrons. The number of rotatable bonds is 1. The molecule has 1 aromatic heterocycles. The molecule has 0 aliphatic carbocycles. The lowest BCUT2D eigenvalue weighted by Crippen LogP contribution is -1.84. The lowest BCUT2D eigenvalue weighted by Gasteiger charge is -1.98. The Balaban J connectivity index is 2.83. The van der Waals surface area contributed by atoms with Crippen molar-refractivity contribution in [2.45, 2.75) is 0 Å². The van der Waals surface area contributed by atoms with Gasteiger partial charge in [0.2, 0.25) is 0 Å². The predicted octanol–water partition coefficient (Wildman–Crippen LogP) is 1.85. The Morgan fingerprint density at radius 3 is 3.44 bits per heavy atom. The molecule has 9 heavy (non-hydrogen) atoms. The summed E-state index contributed by atoms with van der Waals surface area (Å²) < 4.78 is 25.5. The zero-order valence-electron chi connectivity index (χ0n) is 7.47. The third-order valence-corrected chi connectivity index (χ3v) is 1.43. The Morgan fingerprint density at radius 1 is 1.89 bits per heavy atom. The third-order valence-electron chi connectivity index (χ3n) is 0.835. The fourth-order valence-corrected chi connectivity index (χ4v) is 0.779. The molecule has 0 aliphatic rings. The Bertz CT molecular complexity index is 276. The van der Waals surface area contributed by atoms with Gasteiger partial charge in [-0.3, -0.25) is 0 Å². The van der Waals surface area contributed by atoms with Crippen LogP contribution in [0.3, 0.4) is 0 Å². The molecule has 0 aliphatic heterocycles. The van der Waals surface area contributed by atoms with E-state index < -0.39 is 7.04 Å². The number of halogens is 1. The van der Waals surface area contributed by atoms with Crippen LogP contribution in [0.4, 0.5) is 0 Å². The molecule has 0 saturated carbocycles. The number of methoxy groups -OCH3 is 1. The summed E-state index contributed by atoms with van der Waals surface area (Å²) in [6.07, 6.45) is 1.54. The minimum Gasteiger partial charge on any atom is -0.494 e. The van der Waals surface area contributed by atoms with Gasteiger partial charge in [-0.2, -0.15) is 0 Å². The number of ether oxygens (including phenoxy) is 1. The van der Waals surface area contributed by atoms with Gasteiger partial charge in [0.1, 0.15) is 4.60 Å². The normalized spacial score (nSPS) is 15.4. The SMILES string of the molecule is [2H]C([2H])([2H])Oc1cccnc1Br. The Labute approximate surface area is 66.2 Å². The van der Waals surface area contributed by atoms with Crippen molar-refractivity contribution in [3.63, 3.8) is 0 Å². The van der Waals surface area contributed by atoms with Crippen molar-refractivity contribution in [1.82, 2.24) is 4.98 Å². The van der Waals surface area contributed by atoms with Gasteiger partial charge in [0.15, 0.2) is 5.75 Å². The smallest absolute Gasteiger partial charge is 0.151 e. The second kappa shape index (κ2) is 2.82. The van der Waals surface area contributed by atoms with Crippen molar-refractivity contribution >= 4 is 15.9 Å². The van der Waals surface area contributed by atoms with E-state index in [4.69, 9.17) is 4.11 Å².